The van der Waals surface area contributed by atoms with Crippen molar-refractivity contribution in [3.05, 3.63) is 29.8 Å². The molecule has 1 heterocycles. The number of hydrogen-bond donors (Lipinski definition) is 2. The zero-order chi connectivity index (χ0) is 13.7. The molecule has 0 aliphatic carbocycles. The molecule has 2 N–H and O–H groups in total. The third-order valence-electron chi connectivity index (χ3n) is 3.59. The lowest BCUT2D eigenvalue weighted by molar-refractivity contribution is -0.117. The van der Waals surface area contributed by atoms with Crippen LogP contribution in [0.5, 0.6) is 0 Å². The van der Waals surface area contributed by atoms with E-state index in [2.05, 4.69) is 15.5 Å². The summed E-state index contributed by atoms with van der Waals surface area (Å²) in [5.74, 6) is 0.0774. The molecule has 0 radical (unpaired) electrons. The molecular weight excluding hydrogens is 274 g/mol. The number of hydrogen-bond acceptors (Lipinski definition) is 3. The number of benzene rings is 1. The fourth-order valence-corrected chi connectivity index (χ4v) is 2.68. The van der Waals surface area contributed by atoms with Gasteiger partial charge in [-0.05, 0) is 51.1 Å². The Morgan fingerprint density at radius 3 is 2.95 bits per heavy atom. The van der Waals surface area contributed by atoms with E-state index in [9.17, 15) is 4.79 Å². The fourth-order valence-electron chi connectivity index (χ4n) is 2.68. The third kappa shape index (κ3) is 4.78. The fraction of sp³-hybridized carbons (Fsp3) is 0.533. The topological polar surface area (TPSA) is 44.4 Å². The first kappa shape index (κ1) is 17.0. The second kappa shape index (κ2) is 8.25. The number of carbonyl (C=O) groups excluding carboxylic acids is 1. The molecular formula is C15H24ClN3O. The quantitative estimate of drug-likeness (QED) is 0.874. The van der Waals surface area contributed by atoms with Crippen molar-refractivity contribution < 1.29 is 4.79 Å². The molecule has 5 heteroatoms. The third-order valence-corrected chi connectivity index (χ3v) is 3.59. The highest BCUT2D eigenvalue weighted by atomic mass is 35.5. The Morgan fingerprint density at radius 1 is 1.45 bits per heavy atom. The predicted octanol–water partition coefficient (Wildman–Crippen LogP) is 2.04. The molecule has 0 spiro atoms. The summed E-state index contributed by atoms with van der Waals surface area (Å²) in [5.41, 5.74) is 2.04. The molecule has 1 aromatic rings. The minimum atomic E-state index is 0. The number of nitrogens with zero attached hydrogens (tertiary/aromatic N) is 1. The number of halogens is 1. The number of carbonyl (C=O) groups is 1. The molecule has 1 fully saturated rings. The first-order valence-corrected chi connectivity index (χ1v) is 6.94. The molecule has 1 saturated heterocycles. The van der Waals surface area contributed by atoms with Crippen LogP contribution < -0.4 is 10.6 Å². The van der Waals surface area contributed by atoms with Crippen LogP contribution in [0.3, 0.4) is 0 Å². The van der Waals surface area contributed by atoms with Crippen LogP contribution in [0.4, 0.5) is 5.69 Å². The Balaban J connectivity index is 0.00000200. The van der Waals surface area contributed by atoms with Crippen molar-refractivity contribution in [2.75, 3.05) is 32.0 Å². The van der Waals surface area contributed by atoms with Gasteiger partial charge < -0.3 is 10.6 Å². The summed E-state index contributed by atoms with van der Waals surface area (Å²) >= 11 is 0. The molecule has 1 aromatic carbocycles. The second-order valence-corrected chi connectivity index (χ2v) is 5.24. The maximum Gasteiger partial charge on any atom is 0.238 e. The highest BCUT2D eigenvalue weighted by Crippen LogP contribution is 2.16. The molecule has 1 amide bonds. The van der Waals surface area contributed by atoms with Gasteiger partial charge in [-0.25, -0.2) is 0 Å². The molecule has 4 nitrogen and oxygen atoms in total. The molecule has 0 aromatic heterocycles. The number of aryl methyl sites for hydroxylation is 1. The Kier molecular flexibility index (Phi) is 6.99. The van der Waals surface area contributed by atoms with Crippen molar-refractivity contribution in [1.82, 2.24) is 10.2 Å². The van der Waals surface area contributed by atoms with Crippen LogP contribution in [-0.4, -0.2) is 43.5 Å². The number of anilines is 1. The van der Waals surface area contributed by atoms with Gasteiger partial charge in [0, 0.05) is 18.3 Å². The van der Waals surface area contributed by atoms with Gasteiger partial charge in [-0.2, -0.15) is 0 Å². The zero-order valence-electron chi connectivity index (χ0n) is 12.2. The minimum absolute atomic E-state index is 0. The van der Waals surface area contributed by atoms with Gasteiger partial charge in [0.05, 0.1) is 6.54 Å². The van der Waals surface area contributed by atoms with Crippen molar-refractivity contribution in [2.24, 2.45) is 0 Å². The summed E-state index contributed by atoms with van der Waals surface area (Å²) in [6.07, 6.45) is 2.36. The molecule has 1 aliphatic heterocycles. The van der Waals surface area contributed by atoms with Crippen LogP contribution in [0, 0.1) is 6.92 Å². The molecule has 1 aliphatic rings. The summed E-state index contributed by atoms with van der Waals surface area (Å²) < 4.78 is 0. The Hall–Kier alpha value is -1.10. The number of nitrogens with one attached hydrogen (secondary N) is 2. The van der Waals surface area contributed by atoms with Gasteiger partial charge in [0.15, 0.2) is 0 Å². The SMILES string of the molecule is CNCC1CCCN1CC(=O)Nc1cccc(C)c1.Cl. The summed E-state index contributed by atoms with van der Waals surface area (Å²) in [5, 5.41) is 6.17. The molecule has 0 saturated carbocycles. The van der Waals surface area contributed by atoms with Crippen LogP contribution in [0.2, 0.25) is 0 Å². The van der Waals surface area contributed by atoms with Gasteiger partial charge in [0.25, 0.3) is 0 Å². The lowest BCUT2D eigenvalue weighted by atomic mass is 10.2. The number of likely N-dealkylation sites (N-methyl/N-ethyl adjacent to an activating group) is 1. The van der Waals surface area contributed by atoms with E-state index in [0.29, 0.717) is 12.6 Å². The standard InChI is InChI=1S/C15H23N3O.ClH/c1-12-5-3-6-13(9-12)17-15(19)11-18-8-4-7-14(18)10-16-2;/h3,5-6,9,14,16H,4,7-8,10-11H2,1-2H3,(H,17,19);1H. The average Bonchev–Trinajstić information content (AvgIpc) is 2.77. The lowest BCUT2D eigenvalue weighted by Gasteiger charge is -2.23. The monoisotopic (exact) mass is 297 g/mol. The van der Waals surface area contributed by atoms with E-state index in [1.807, 2.05) is 38.2 Å². The van der Waals surface area contributed by atoms with Crippen molar-refractivity contribution in [3.63, 3.8) is 0 Å². The van der Waals surface area contributed by atoms with Crippen LogP contribution in [0.15, 0.2) is 24.3 Å². The smallest absolute Gasteiger partial charge is 0.238 e. The summed E-state index contributed by atoms with van der Waals surface area (Å²) in [6, 6.07) is 8.41. The molecule has 2 rings (SSSR count). The highest BCUT2D eigenvalue weighted by molar-refractivity contribution is 5.92. The van der Waals surface area contributed by atoms with E-state index in [-0.39, 0.29) is 18.3 Å². The summed E-state index contributed by atoms with van der Waals surface area (Å²) in [4.78, 5) is 14.3. The van der Waals surface area contributed by atoms with Gasteiger partial charge in [0.1, 0.15) is 0 Å². The molecule has 20 heavy (non-hydrogen) atoms. The van der Waals surface area contributed by atoms with E-state index in [1.54, 1.807) is 0 Å². The van der Waals surface area contributed by atoms with E-state index >= 15 is 0 Å². The Morgan fingerprint density at radius 2 is 2.25 bits per heavy atom. The van der Waals surface area contributed by atoms with Gasteiger partial charge in [-0.3, -0.25) is 9.69 Å². The van der Waals surface area contributed by atoms with Crippen LogP contribution >= 0.6 is 12.4 Å². The van der Waals surface area contributed by atoms with Crippen molar-refractivity contribution in [2.45, 2.75) is 25.8 Å². The summed E-state index contributed by atoms with van der Waals surface area (Å²) in [6.45, 7) is 4.49. The van der Waals surface area contributed by atoms with Crippen molar-refractivity contribution in [3.8, 4) is 0 Å². The maximum atomic E-state index is 12.1. The number of rotatable bonds is 5. The zero-order valence-corrected chi connectivity index (χ0v) is 13.0. The first-order valence-electron chi connectivity index (χ1n) is 6.94. The van der Waals surface area contributed by atoms with Crippen LogP contribution in [0.25, 0.3) is 0 Å². The average molecular weight is 298 g/mol. The molecule has 112 valence electrons. The van der Waals surface area contributed by atoms with Crippen molar-refractivity contribution >= 4 is 24.0 Å². The lowest BCUT2D eigenvalue weighted by Crippen LogP contribution is -2.41. The van der Waals surface area contributed by atoms with E-state index < -0.39 is 0 Å². The largest absolute Gasteiger partial charge is 0.325 e. The van der Waals surface area contributed by atoms with Crippen molar-refractivity contribution in [1.29, 1.82) is 0 Å². The Labute approximate surface area is 127 Å². The Bertz CT molecular complexity index is 439. The minimum Gasteiger partial charge on any atom is -0.325 e. The second-order valence-electron chi connectivity index (χ2n) is 5.24. The first-order chi connectivity index (χ1) is 9.19. The normalized spacial score (nSPS) is 18.6. The molecule has 0 bridgehead atoms. The van der Waals surface area contributed by atoms with Gasteiger partial charge in [-0.1, -0.05) is 12.1 Å². The van der Waals surface area contributed by atoms with Crippen LogP contribution in [-0.2, 0) is 4.79 Å². The van der Waals surface area contributed by atoms with Gasteiger partial charge in [-0.15, -0.1) is 12.4 Å². The van der Waals surface area contributed by atoms with E-state index in [1.165, 1.54) is 12.8 Å². The maximum absolute atomic E-state index is 12.1. The van der Waals surface area contributed by atoms with Crippen LogP contribution in [0.1, 0.15) is 18.4 Å². The number of amides is 1. The van der Waals surface area contributed by atoms with E-state index in [4.69, 9.17) is 0 Å². The van der Waals surface area contributed by atoms with Gasteiger partial charge in [0.2, 0.25) is 5.91 Å². The predicted molar refractivity (Wildman–Crippen MR) is 85.6 cm³/mol. The highest BCUT2D eigenvalue weighted by Gasteiger charge is 2.25. The summed E-state index contributed by atoms with van der Waals surface area (Å²) in [7, 11) is 1.96. The number of likely N-dealkylation sites (tertiary alicyclic amines) is 1. The molecule has 1 unspecified atom stereocenters. The molecule has 1 atom stereocenters. The van der Waals surface area contributed by atoms with E-state index in [0.717, 1.165) is 24.3 Å². The van der Waals surface area contributed by atoms with Gasteiger partial charge >= 0.3 is 0 Å².